The van der Waals surface area contributed by atoms with E-state index in [0.717, 1.165) is 34.1 Å². The number of carbonyl (C=O) groups is 1. The number of hydrogen-bond donors (Lipinski definition) is 1. The minimum atomic E-state index is 0.0331. The monoisotopic (exact) mass is 322 g/mol. The van der Waals surface area contributed by atoms with E-state index >= 15 is 0 Å². The van der Waals surface area contributed by atoms with Gasteiger partial charge in [0.2, 0.25) is 5.91 Å². The van der Waals surface area contributed by atoms with Crippen LogP contribution < -0.4 is 14.5 Å². The molecule has 0 spiro atoms. The van der Waals surface area contributed by atoms with Gasteiger partial charge in [-0.3, -0.25) is 9.69 Å². The lowest BCUT2D eigenvalue weighted by Gasteiger charge is -2.18. The van der Waals surface area contributed by atoms with Crippen molar-refractivity contribution in [2.24, 2.45) is 0 Å². The van der Waals surface area contributed by atoms with Gasteiger partial charge in [-0.2, -0.15) is 0 Å². The molecular weight excluding hydrogens is 298 g/mol. The molecule has 1 heterocycles. The van der Waals surface area contributed by atoms with E-state index < -0.39 is 0 Å². The maximum atomic E-state index is 12.0. The highest BCUT2D eigenvalue weighted by molar-refractivity contribution is 7.22. The quantitative estimate of drug-likeness (QED) is 0.842. The molecule has 0 saturated carbocycles. The van der Waals surface area contributed by atoms with Crippen LogP contribution in [0.2, 0.25) is 0 Å². The zero-order chi connectivity index (χ0) is 16.1. The third-order valence-corrected chi connectivity index (χ3v) is 4.38. The fourth-order valence-corrected chi connectivity index (χ4v) is 3.33. The van der Waals surface area contributed by atoms with Gasteiger partial charge in [0.15, 0.2) is 5.13 Å². The molecule has 2 aromatic rings. The van der Waals surface area contributed by atoms with Crippen LogP contribution in [-0.4, -0.2) is 44.7 Å². The molecule has 1 amide bonds. The lowest BCUT2D eigenvalue weighted by Crippen LogP contribution is -3.05. The minimum absolute atomic E-state index is 0.0331. The van der Waals surface area contributed by atoms with E-state index in [0.29, 0.717) is 13.2 Å². The zero-order valence-electron chi connectivity index (χ0n) is 13.7. The van der Waals surface area contributed by atoms with E-state index in [-0.39, 0.29) is 5.91 Å². The second-order valence-electron chi connectivity index (χ2n) is 5.51. The lowest BCUT2D eigenvalue weighted by atomic mass is 10.3. The van der Waals surface area contributed by atoms with Gasteiger partial charge >= 0.3 is 0 Å². The number of nitrogens with zero attached hydrogens (tertiary/aromatic N) is 2. The van der Waals surface area contributed by atoms with Crippen molar-refractivity contribution in [3.05, 3.63) is 18.2 Å². The summed E-state index contributed by atoms with van der Waals surface area (Å²) in [6.45, 7) is 5.88. The molecule has 2 rings (SSSR count). The number of thiazole rings is 1. The van der Waals surface area contributed by atoms with Crippen LogP contribution in [0.4, 0.5) is 5.13 Å². The number of quaternary nitrogens is 1. The average Bonchev–Trinajstić information content (AvgIpc) is 2.87. The number of fused-ring (bicyclic) bond motifs is 1. The van der Waals surface area contributed by atoms with E-state index in [1.807, 2.05) is 25.1 Å². The Morgan fingerprint density at radius 2 is 2.18 bits per heavy atom. The third kappa shape index (κ3) is 3.96. The van der Waals surface area contributed by atoms with Gasteiger partial charge in [-0.05, 0) is 19.1 Å². The predicted molar refractivity (Wildman–Crippen MR) is 91.1 cm³/mol. The number of para-hydroxylation sites is 1. The molecule has 1 aromatic carbocycles. The van der Waals surface area contributed by atoms with Crippen LogP contribution in [0.5, 0.6) is 5.75 Å². The van der Waals surface area contributed by atoms with Crippen molar-refractivity contribution in [3.8, 4) is 5.75 Å². The highest BCUT2D eigenvalue weighted by Crippen LogP contribution is 2.34. The zero-order valence-corrected chi connectivity index (χ0v) is 14.5. The van der Waals surface area contributed by atoms with Crippen molar-refractivity contribution in [1.82, 2.24) is 4.98 Å². The molecule has 22 heavy (non-hydrogen) atoms. The SMILES string of the molecule is CCOc1cccc2sc(N(CCC[NH+](C)C)C(C)=O)nc12. The first-order chi connectivity index (χ1) is 10.5. The molecule has 0 fully saturated rings. The minimum Gasteiger partial charge on any atom is -0.492 e. The second kappa shape index (κ2) is 7.56. The highest BCUT2D eigenvalue weighted by Gasteiger charge is 2.18. The van der Waals surface area contributed by atoms with Crippen LogP contribution in [-0.2, 0) is 4.79 Å². The highest BCUT2D eigenvalue weighted by atomic mass is 32.1. The number of carbonyl (C=O) groups excluding carboxylic acids is 1. The first kappa shape index (κ1) is 16.7. The fraction of sp³-hybridized carbons (Fsp3) is 0.500. The maximum Gasteiger partial charge on any atom is 0.225 e. The third-order valence-electron chi connectivity index (χ3n) is 3.34. The number of nitrogens with one attached hydrogen (secondary N) is 1. The van der Waals surface area contributed by atoms with Crippen LogP contribution in [0.25, 0.3) is 10.2 Å². The normalized spacial score (nSPS) is 11.1. The maximum absolute atomic E-state index is 12.0. The van der Waals surface area contributed by atoms with Gasteiger partial charge in [0.05, 0.1) is 31.9 Å². The Morgan fingerprint density at radius 1 is 1.41 bits per heavy atom. The van der Waals surface area contributed by atoms with Gasteiger partial charge in [-0.1, -0.05) is 17.4 Å². The summed E-state index contributed by atoms with van der Waals surface area (Å²) >= 11 is 1.54. The number of benzene rings is 1. The summed E-state index contributed by atoms with van der Waals surface area (Å²) in [5.74, 6) is 0.814. The van der Waals surface area contributed by atoms with Crippen molar-refractivity contribution in [3.63, 3.8) is 0 Å². The molecule has 1 N–H and O–H groups in total. The van der Waals surface area contributed by atoms with Gasteiger partial charge in [0.1, 0.15) is 11.3 Å². The van der Waals surface area contributed by atoms with Crippen LogP contribution >= 0.6 is 11.3 Å². The summed E-state index contributed by atoms with van der Waals surface area (Å²) in [7, 11) is 4.23. The predicted octanol–water partition coefficient (Wildman–Crippen LogP) is 1.58. The first-order valence-corrected chi connectivity index (χ1v) is 8.44. The number of ether oxygens (including phenoxy) is 1. The van der Waals surface area contributed by atoms with Crippen LogP contribution in [0.15, 0.2) is 18.2 Å². The van der Waals surface area contributed by atoms with E-state index in [2.05, 4.69) is 19.1 Å². The van der Waals surface area contributed by atoms with Gasteiger partial charge in [-0.25, -0.2) is 4.98 Å². The molecule has 0 aliphatic carbocycles. The molecule has 0 aliphatic rings. The van der Waals surface area contributed by atoms with Crippen molar-refractivity contribution < 1.29 is 14.4 Å². The molecule has 0 bridgehead atoms. The van der Waals surface area contributed by atoms with E-state index in [4.69, 9.17) is 4.74 Å². The standard InChI is InChI=1S/C16H23N3O2S/c1-5-21-13-8-6-9-14-15(13)17-16(22-14)19(12(2)20)11-7-10-18(3)4/h6,8-9H,5,7,10-11H2,1-4H3/p+1. The number of aromatic nitrogens is 1. The Balaban J connectivity index is 2.26. The molecule has 0 aliphatic heterocycles. The summed E-state index contributed by atoms with van der Waals surface area (Å²) < 4.78 is 6.67. The summed E-state index contributed by atoms with van der Waals surface area (Å²) in [6.07, 6.45) is 0.955. The number of hydrogen-bond acceptors (Lipinski definition) is 4. The Hall–Kier alpha value is -1.66. The van der Waals surface area contributed by atoms with E-state index in [1.54, 1.807) is 11.8 Å². The summed E-state index contributed by atoms with van der Waals surface area (Å²) in [5.41, 5.74) is 0.842. The van der Waals surface area contributed by atoms with Crippen LogP contribution in [0.1, 0.15) is 20.3 Å². The summed E-state index contributed by atoms with van der Waals surface area (Å²) in [5, 5.41) is 0.753. The van der Waals surface area contributed by atoms with Crippen molar-refractivity contribution >= 4 is 32.6 Å². The Labute approximate surface area is 135 Å². The lowest BCUT2D eigenvalue weighted by molar-refractivity contribution is -0.858. The number of rotatable bonds is 7. The number of amides is 1. The molecule has 120 valence electrons. The van der Waals surface area contributed by atoms with Gasteiger partial charge in [0, 0.05) is 19.9 Å². The van der Waals surface area contributed by atoms with Gasteiger partial charge in [-0.15, -0.1) is 0 Å². The largest absolute Gasteiger partial charge is 0.492 e. The van der Waals surface area contributed by atoms with E-state index in [9.17, 15) is 4.79 Å². The summed E-state index contributed by atoms with van der Waals surface area (Å²) in [4.78, 5) is 19.8. The van der Waals surface area contributed by atoms with Crippen molar-refractivity contribution in [1.29, 1.82) is 0 Å². The molecule has 0 atom stereocenters. The molecule has 0 saturated heterocycles. The molecule has 5 nitrogen and oxygen atoms in total. The average molecular weight is 322 g/mol. The van der Waals surface area contributed by atoms with Gasteiger partial charge < -0.3 is 9.64 Å². The van der Waals surface area contributed by atoms with E-state index in [1.165, 1.54) is 16.2 Å². The Morgan fingerprint density at radius 3 is 2.82 bits per heavy atom. The van der Waals surface area contributed by atoms with Crippen LogP contribution in [0, 0.1) is 0 Å². The van der Waals surface area contributed by atoms with Gasteiger partial charge in [0.25, 0.3) is 0 Å². The number of anilines is 1. The Bertz CT molecular complexity index is 639. The molecular formula is C16H24N3O2S+. The molecule has 0 unspecified atom stereocenters. The fourth-order valence-electron chi connectivity index (χ4n) is 2.28. The molecule has 6 heteroatoms. The smallest absolute Gasteiger partial charge is 0.225 e. The molecule has 0 radical (unpaired) electrons. The topological polar surface area (TPSA) is 46.9 Å². The van der Waals surface area contributed by atoms with Crippen molar-refractivity contribution in [2.45, 2.75) is 20.3 Å². The first-order valence-electron chi connectivity index (χ1n) is 7.62. The Kier molecular flexibility index (Phi) is 5.74. The summed E-state index contributed by atoms with van der Waals surface area (Å²) in [6, 6.07) is 5.90. The molecule has 1 aromatic heterocycles. The van der Waals surface area contributed by atoms with Crippen LogP contribution in [0.3, 0.4) is 0 Å². The van der Waals surface area contributed by atoms with Crippen molar-refractivity contribution in [2.75, 3.05) is 38.7 Å². The second-order valence-corrected chi connectivity index (χ2v) is 6.52.